The molecule has 0 spiro atoms. The average Bonchev–Trinajstić information content (AvgIpc) is 2.68. The molecule has 0 atom stereocenters. The number of ether oxygens (including phenoxy) is 1. The van der Waals surface area contributed by atoms with Crippen LogP contribution in [-0.2, 0) is 24.4 Å². The van der Waals surface area contributed by atoms with Gasteiger partial charge in [-0.1, -0.05) is 48.5 Å². The molecule has 0 aliphatic heterocycles. The summed E-state index contributed by atoms with van der Waals surface area (Å²) in [4.78, 5) is 11.0. The van der Waals surface area contributed by atoms with Crippen molar-refractivity contribution in [2.45, 2.75) is 26.5 Å². The summed E-state index contributed by atoms with van der Waals surface area (Å²) in [7, 11) is 0. The smallest absolute Gasteiger partial charge is 0.307 e. The van der Waals surface area contributed by atoms with Gasteiger partial charge in [-0.2, -0.15) is 0 Å². The molecule has 0 bridgehead atoms. The molecule has 0 aliphatic rings. The molecule has 0 saturated heterocycles. The predicted octanol–water partition coefficient (Wildman–Crippen LogP) is 4.47. The molecule has 0 aliphatic carbocycles. The molecule has 3 aromatic carbocycles. The van der Waals surface area contributed by atoms with Crippen molar-refractivity contribution in [3.63, 3.8) is 0 Å². The van der Waals surface area contributed by atoms with Gasteiger partial charge in [0.15, 0.2) is 0 Å². The van der Waals surface area contributed by atoms with Gasteiger partial charge in [0.2, 0.25) is 0 Å². The first kappa shape index (κ1) is 19.6. The predicted molar refractivity (Wildman–Crippen MR) is 107 cm³/mol. The van der Waals surface area contributed by atoms with E-state index in [9.17, 15) is 9.18 Å². The first-order valence-corrected chi connectivity index (χ1v) is 8.99. The standard InChI is InChI=1S/C23H22FNO3/c1-15-9-10-16(11-20(15)19-7-4-6-18(13-25)23(19)24)14-28-21-8-3-2-5-17(21)12-22(26)27/h2-11H,12-14,25H2,1H3,(H,26,27). The van der Waals surface area contributed by atoms with Gasteiger partial charge in [-0.25, -0.2) is 4.39 Å². The Balaban J connectivity index is 1.87. The molecular weight excluding hydrogens is 357 g/mol. The third kappa shape index (κ3) is 4.38. The van der Waals surface area contributed by atoms with Crippen LogP contribution in [0.15, 0.2) is 60.7 Å². The third-order valence-corrected chi connectivity index (χ3v) is 4.60. The van der Waals surface area contributed by atoms with Crippen LogP contribution < -0.4 is 10.5 Å². The molecule has 0 unspecified atom stereocenters. The number of carbonyl (C=O) groups is 1. The quantitative estimate of drug-likeness (QED) is 0.635. The molecule has 3 N–H and O–H groups in total. The zero-order valence-corrected chi connectivity index (χ0v) is 15.6. The Labute approximate surface area is 163 Å². The second-order valence-corrected chi connectivity index (χ2v) is 6.60. The minimum atomic E-state index is -0.913. The number of nitrogens with two attached hydrogens (primary N) is 1. The molecule has 0 aromatic heterocycles. The summed E-state index contributed by atoms with van der Waals surface area (Å²) in [5, 5.41) is 9.04. The van der Waals surface area contributed by atoms with E-state index < -0.39 is 5.97 Å². The van der Waals surface area contributed by atoms with Gasteiger partial charge in [0.25, 0.3) is 0 Å². The summed E-state index contributed by atoms with van der Waals surface area (Å²) in [6, 6.07) is 18.0. The highest BCUT2D eigenvalue weighted by Crippen LogP contribution is 2.29. The zero-order valence-electron chi connectivity index (χ0n) is 15.6. The van der Waals surface area contributed by atoms with E-state index in [0.717, 1.165) is 16.7 Å². The molecule has 5 heteroatoms. The highest BCUT2D eigenvalue weighted by atomic mass is 19.1. The van der Waals surface area contributed by atoms with E-state index in [1.165, 1.54) is 0 Å². The lowest BCUT2D eigenvalue weighted by atomic mass is 9.96. The fourth-order valence-electron chi connectivity index (χ4n) is 3.11. The normalized spacial score (nSPS) is 10.7. The van der Waals surface area contributed by atoms with Crippen LogP contribution in [0.25, 0.3) is 11.1 Å². The van der Waals surface area contributed by atoms with Gasteiger partial charge in [-0.3, -0.25) is 4.79 Å². The van der Waals surface area contributed by atoms with Crippen molar-refractivity contribution in [2.24, 2.45) is 5.73 Å². The van der Waals surface area contributed by atoms with Crippen LogP contribution in [-0.4, -0.2) is 11.1 Å². The highest BCUT2D eigenvalue weighted by molar-refractivity contribution is 5.71. The summed E-state index contributed by atoms with van der Waals surface area (Å²) < 4.78 is 20.6. The molecule has 0 heterocycles. The van der Waals surface area contributed by atoms with E-state index in [4.69, 9.17) is 15.6 Å². The van der Waals surface area contributed by atoms with Crippen molar-refractivity contribution < 1.29 is 19.0 Å². The lowest BCUT2D eigenvalue weighted by Gasteiger charge is -2.14. The van der Waals surface area contributed by atoms with Gasteiger partial charge >= 0.3 is 5.97 Å². The van der Waals surface area contributed by atoms with Crippen molar-refractivity contribution in [3.8, 4) is 16.9 Å². The van der Waals surface area contributed by atoms with E-state index >= 15 is 0 Å². The topological polar surface area (TPSA) is 72.5 Å². The minimum Gasteiger partial charge on any atom is -0.489 e. The van der Waals surface area contributed by atoms with E-state index in [2.05, 4.69) is 0 Å². The van der Waals surface area contributed by atoms with Crippen LogP contribution in [0.1, 0.15) is 22.3 Å². The third-order valence-electron chi connectivity index (χ3n) is 4.60. The van der Waals surface area contributed by atoms with Crippen LogP contribution in [0.2, 0.25) is 0 Å². The Morgan fingerprint density at radius 3 is 2.54 bits per heavy atom. The molecule has 0 fully saturated rings. The van der Waals surface area contributed by atoms with Gasteiger partial charge in [0.1, 0.15) is 18.2 Å². The monoisotopic (exact) mass is 379 g/mol. The lowest BCUT2D eigenvalue weighted by molar-refractivity contribution is -0.136. The molecule has 3 aromatic rings. The molecule has 144 valence electrons. The molecule has 0 radical (unpaired) electrons. The Morgan fingerprint density at radius 1 is 1.04 bits per heavy atom. The number of hydrogen-bond donors (Lipinski definition) is 2. The maximum absolute atomic E-state index is 14.7. The van der Waals surface area contributed by atoms with E-state index in [-0.39, 0.29) is 25.4 Å². The minimum absolute atomic E-state index is 0.105. The fraction of sp³-hybridized carbons (Fsp3) is 0.174. The van der Waals surface area contributed by atoms with Crippen molar-refractivity contribution in [3.05, 3.63) is 88.7 Å². The Morgan fingerprint density at radius 2 is 1.79 bits per heavy atom. The van der Waals surface area contributed by atoms with E-state index in [0.29, 0.717) is 22.4 Å². The molecule has 28 heavy (non-hydrogen) atoms. The van der Waals surface area contributed by atoms with E-state index in [1.54, 1.807) is 42.5 Å². The largest absolute Gasteiger partial charge is 0.489 e. The van der Waals surface area contributed by atoms with Crippen molar-refractivity contribution in [1.29, 1.82) is 0 Å². The molecule has 0 saturated carbocycles. The van der Waals surface area contributed by atoms with Gasteiger partial charge in [0, 0.05) is 23.2 Å². The Hall–Kier alpha value is -3.18. The summed E-state index contributed by atoms with van der Waals surface area (Å²) in [6.07, 6.45) is -0.105. The number of carboxylic acids is 1. The Bertz CT molecular complexity index is 1000. The SMILES string of the molecule is Cc1ccc(COc2ccccc2CC(=O)O)cc1-c1cccc(CN)c1F. The van der Waals surface area contributed by atoms with Crippen molar-refractivity contribution in [2.75, 3.05) is 0 Å². The second-order valence-electron chi connectivity index (χ2n) is 6.60. The summed E-state index contributed by atoms with van der Waals surface area (Å²) in [5.74, 6) is -0.690. The van der Waals surface area contributed by atoms with Gasteiger partial charge in [-0.15, -0.1) is 0 Å². The number of carboxylic acid groups (broad SMARTS) is 1. The van der Waals surface area contributed by atoms with Crippen LogP contribution in [0.5, 0.6) is 5.75 Å². The number of aryl methyl sites for hydroxylation is 1. The summed E-state index contributed by atoms with van der Waals surface area (Å²) >= 11 is 0. The maximum Gasteiger partial charge on any atom is 0.307 e. The van der Waals surface area contributed by atoms with E-state index in [1.807, 2.05) is 25.1 Å². The van der Waals surface area contributed by atoms with Crippen molar-refractivity contribution >= 4 is 5.97 Å². The number of hydrogen-bond acceptors (Lipinski definition) is 3. The van der Waals surface area contributed by atoms with Crippen LogP contribution >= 0.6 is 0 Å². The average molecular weight is 379 g/mol. The van der Waals surface area contributed by atoms with Gasteiger partial charge < -0.3 is 15.6 Å². The summed E-state index contributed by atoms with van der Waals surface area (Å²) in [6.45, 7) is 2.32. The van der Waals surface area contributed by atoms with Crippen LogP contribution in [0.4, 0.5) is 4.39 Å². The van der Waals surface area contributed by atoms with Crippen molar-refractivity contribution in [1.82, 2.24) is 0 Å². The number of aliphatic carboxylic acids is 1. The van der Waals surface area contributed by atoms with Crippen LogP contribution in [0.3, 0.4) is 0 Å². The van der Waals surface area contributed by atoms with Gasteiger partial charge in [0.05, 0.1) is 6.42 Å². The highest BCUT2D eigenvalue weighted by Gasteiger charge is 2.13. The maximum atomic E-state index is 14.7. The number of rotatable bonds is 7. The molecule has 0 amide bonds. The second kappa shape index (κ2) is 8.67. The Kier molecular flexibility index (Phi) is 6.06. The number of para-hydroxylation sites is 1. The van der Waals surface area contributed by atoms with Gasteiger partial charge in [-0.05, 0) is 35.7 Å². The molecule has 4 nitrogen and oxygen atoms in total. The number of benzene rings is 3. The fourth-order valence-corrected chi connectivity index (χ4v) is 3.11. The lowest BCUT2D eigenvalue weighted by Crippen LogP contribution is -2.04. The first-order chi connectivity index (χ1) is 13.5. The zero-order chi connectivity index (χ0) is 20.1. The molecule has 3 rings (SSSR count). The van der Waals surface area contributed by atoms with Crippen LogP contribution in [0, 0.1) is 12.7 Å². The number of halogens is 1. The first-order valence-electron chi connectivity index (χ1n) is 8.99. The summed E-state index contributed by atoms with van der Waals surface area (Å²) in [5.41, 5.74) is 9.82. The molecular formula is C23H22FNO3.